The maximum atomic E-state index is 13.8. The zero-order valence-electron chi connectivity index (χ0n) is 19.1. The Bertz CT molecular complexity index is 1350. The molecule has 4 aromatic rings. The topological polar surface area (TPSA) is 93.1 Å². The molecule has 7 nitrogen and oxygen atoms in total. The molecule has 0 radical (unpaired) electrons. The highest BCUT2D eigenvalue weighted by atomic mass is 32.2. The molecule has 1 amide bonds. The average Bonchev–Trinajstić information content (AvgIpc) is 3.56. The molecule has 0 aliphatic heterocycles. The molecule has 0 fully saturated rings. The second kappa shape index (κ2) is 11.1. The highest BCUT2D eigenvalue weighted by molar-refractivity contribution is 7.98. The Morgan fingerprint density at radius 1 is 1.03 bits per heavy atom. The zero-order valence-corrected chi connectivity index (χ0v) is 19.9. The van der Waals surface area contributed by atoms with E-state index in [1.165, 1.54) is 30.2 Å². The van der Waals surface area contributed by atoms with Gasteiger partial charge in [0.05, 0.1) is 12.8 Å². The van der Waals surface area contributed by atoms with Gasteiger partial charge in [-0.2, -0.15) is 0 Å². The van der Waals surface area contributed by atoms with Gasteiger partial charge in [-0.05, 0) is 65.9 Å². The minimum absolute atomic E-state index is 0.0188. The minimum Gasteiger partial charge on any atom is -0.486 e. The summed E-state index contributed by atoms with van der Waals surface area (Å²) in [6.45, 7) is -0.521. The molecule has 36 heavy (non-hydrogen) atoms. The fourth-order valence-corrected chi connectivity index (χ4v) is 4.11. The van der Waals surface area contributed by atoms with E-state index in [0.717, 1.165) is 11.0 Å². The predicted molar refractivity (Wildman–Crippen MR) is 128 cm³/mol. The molecule has 0 spiro atoms. The summed E-state index contributed by atoms with van der Waals surface area (Å²) in [6.07, 6.45) is 3.22. The van der Waals surface area contributed by atoms with Gasteiger partial charge in [-0.3, -0.25) is 9.59 Å². The third-order valence-corrected chi connectivity index (χ3v) is 5.98. The van der Waals surface area contributed by atoms with Gasteiger partial charge in [0, 0.05) is 4.90 Å². The summed E-state index contributed by atoms with van der Waals surface area (Å²) in [6, 6.07) is 15.5. The zero-order chi connectivity index (χ0) is 25.7. The lowest BCUT2D eigenvalue weighted by molar-refractivity contribution is -0.137. The second-order valence-corrected chi connectivity index (χ2v) is 8.53. The third kappa shape index (κ3) is 5.95. The van der Waals surface area contributed by atoms with Crippen LogP contribution in [0.2, 0.25) is 0 Å². The summed E-state index contributed by atoms with van der Waals surface area (Å²) in [5.41, 5.74) is 1.27. The van der Waals surface area contributed by atoms with Crippen LogP contribution >= 0.6 is 11.8 Å². The summed E-state index contributed by atoms with van der Waals surface area (Å²) < 4.78 is 43.8. The lowest BCUT2D eigenvalue weighted by Crippen LogP contribution is -2.34. The fourth-order valence-electron chi connectivity index (χ4n) is 3.49. The number of benzene rings is 2. The van der Waals surface area contributed by atoms with Crippen molar-refractivity contribution in [3.8, 4) is 16.9 Å². The number of halogens is 2. The molecule has 10 heteroatoms. The van der Waals surface area contributed by atoms with Crippen LogP contribution in [0.3, 0.4) is 0 Å². The Balaban J connectivity index is 1.41. The van der Waals surface area contributed by atoms with Crippen LogP contribution in [0.25, 0.3) is 11.1 Å². The molecular weight excluding hydrogens is 492 g/mol. The fraction of sp³-hybridized carbons (Fsp3) is 0.154. The van der Waals surface area contributed by atoms with Crippen molar-refractivity contribution >= 4 is 23.6 Å². The Kier molecular flexibility index (Phi) is 7.74. The van der Waals surface area contributed by atoms with E-state index in [4.69, 9.17) is 18.7 Å². The molecule has 0 atom stereocenters. The molecule has 2 aromatic heterocycles. The smallest absolute Gasteiger partial charge is 0.323 e. The lowest BCUT2D eigenvalue weighted by atomic mass is 10.1. The molecule has 0 saturated carbocycles. The number of carboxylic acid groups (broad SMARTS) is 1. The highest BCUT2D eigenvalue weighted by Crippen LogP contribution is 2.33. The summed E-state index contributed by atoms with van der Waals surface area (Å²) in [7, 11) is 0. The van der Waals surface area contributed by atoms with E-state index in [9.17, 15) is 18.4 Å². The van der Waals surface area contributed by atoms with Gasteiger partial charge in [-0.1, -0.05) is 12.1 Å². The molecule has 0 bridgehead atoms. The average molecular weight is 514 g/mol. The number of thioether (sulfide) groups is 1. The number of rotatable bonds is 10. The van der Waals surface area contributed by atoms with E-state index in [0.29, 0.717) is 33.3 Å². The lowest BCUT2D eigenvalue weighted by Gasteiger charge is -2.18. The summed E-state index contributed by atoms with van der Waals surface area (Å²) >= 11 is 1.32. The summed E-state index contributed by atoms with van der Waals surface area (Å²) in [5.74, 6) is -2.30. The van der Waals surface area contributed by atoms with Crippen molar-refractivity contribution in [3.05, 3.63) is 95.8 Å². The maximum absolute atomic E-state index is 13.8. The van der Waals surface area contributed by atoms with Crippen LogP contribution < -0.4 is 4.74 Å². The highest BCUT2D eigenvalue weighted by Gasteiger charge is 2.23. The van der Waals surface area contributed by atoms with Crippen LogP contribution in [0, 0.1) is 11.6 Å². The number of carbonyl (C=O) groups is 2. The van der Waals surface area contributed by atoms with E-state index in [2.05, 4.69) is 0 Å². The Labute approximate surface area is 209 Å². The standard InChI is InChI=1S/C26H21F2NO6S/c1-36-24-12-22(28)21(27)11-20(24)16-4-6-17(7-5-16)34-15-19-8-9-23(35-19)26(32)29(14-25(30)31)13-18-3-2-10-33-18/h2-12H,13-15H2,1H3,(H,30,31). The number of amides is 1. The van der Waals surface area contributed by atoms with E-state index >= 15 is 0 Å². The molecule has 0 saturated heterocycles. The molecule has 0 aliphatic rings. The molecule has 2 heterocycles. The van der Waals surface area contributed by atoms with Gasteiger partial charge in [0.15, 0.2) is 17.4 Å². The van der Waals surface area contributed by atoms with Crippen molar-refractivity contribution < 1.29 is 37.0 Å². The van der Waals surface area contributed by atoms with Crippen LogP contribution in [0.5, 0.6) is 5.75 Å². The van der Waals surface area contributed by atoms with Gasteiger partial charge < -0.3 is 23.6 Å². The first-order valence-electron chi connectivity index (χ1n) is 10.7. The quantitative estimate of drug-likeness (QED) is 0.266. The van der Waals surface area contributed by atoms with E-state index < -0.39 is 30.1 Å². The van der Waals surface area contributed by atoms with Crippen LogP contribution in [0.15, 0.2) is 80.7 Å². The van der Waals surface area contributed by atoms with Crippen LogP contribution in [0.1, 0.15) is 22.1 Å². The third-order valence-electron chi connectivity index (χ3n) is 5.20. The number of carbonyl (C=O) groups excluding carboxylic acids is 1. The van der Waals surface area contributed by atoms with Gasteiger partial charge in [0.1, 0.15) is 30.4 Å². The number of furan rings is 2. The number of aliphatic carboxylic acids is 1. The first kappa shape index (κ1) is 25.1. The summed E-state index contributed by atoms with van der Waals surface area (Å²) in [5, 5.41) is 9.16. The van der Waals surface area contributed by atoms with Crippen molar-refractivity contribution in [1.82, 2.24) is 4.90 Å². The SMILES string of the molecule is CSc1cc(F)c(F)cc1-c1ccc(OCc2ccc(C(=O)N(CC(=O)O)Cc3ccco3)o2)cc1. The number of hydrogen-bond donors (Lipinski definition) is 1. The maximum Gasteiger partial charge on any atom is 0.323 e. The minimum atomic E-state index is -1.17. The molecule has 4 rings (SSSR count). The first-order chi connectivity index (χ1) is 17.3. The predicted octanol–water partition coefficient (Wildman–Crippen LogP) is 5.85. The van der Waals surface area contributed by atoms with Crippen LogP contribution in [-0.4, -0.2) is 34.7 Å². The van der Waals surface area contributed by atoms with E-state index in [1.807, 2.05) is 0 Å². The molecule has 0 unspecified atom stereocenters. The Morgan fingerprint density at radius 3 is 2.44 bits per heavy atom. The van der Waals surface area contributed by atoms with Gasteiger partial charge in [-0.25, -0.2) is 8.78 Å². The molecule has 0 aliphatic carbocycles. The summed E-state index contributed by atoms with van der Waals surface area (Å²) in [4.78, 5) is 25.7. The number of carboxylic acids is 1. The van der Waals surface area contributed by atoms with Crippen molar-refractivity contribution in [2.75, 3.05) is 12.8 Å². The van der Waals surface area contributed by atoms with Gasteiger partial charge in [-0.15, -0.1) is 11.8 Å². The van der Waals surface area contributed by atoms with E-state index in [1.54, 1.807) is 48.7 Å². The van der Waals surface area contributed by atoms with Gasteiger partial charge in [0.25, 0.3) is 5.91 Å². The van der Waals surface area contributed by atoms with Crippen molar-refractivity contribution in [2.24, 2.45) is 0 Å². The molecule has 2 aromatic carbocycles. The van der Waals surface area contributed by atoms with Crippen molar-refractivity contribution in [3.63, 3.8) is 0 Å². The largest absolute Gasteiger partial charge is 0.486 e. The van der Waals surface area contributed by atoms with Crippen molar-refractivity contribution in [1.29, 1.82) is 0 Å². The number of ether oxygens (including phenoxy) is 1. The number of hydrogen-bond acceptors (Lipinski definition) is 6. The van der Waals surface area contributed by atoms with Crippen LogP contribution in [-0.2, 0) is 17.9 Å². The molecular formula is C26H21F2NO6S. The Hall–Kier alpha value is -4.05. The second-order valence-electron chi connectivity index (χ2n) is 7.68. The number of nitrogens with zero attached hydrogens (tertiary/aromatic N) is 1. The first-order valence-corrected chi connectivity index (χ1v) is 11.9. The van der Waals surface area contributed by atoms with Gasteiger partial charge >= 0.3 is 5.97 Å². The monoisotopic (exact) mass is 513 g/mol. The van der Waals surface area contributed by atoms with Crippen molar-refractivity contribution in [2.45, 2.75) is 18.0 Å². The Morgan fingerprint density at radius 2 is 1.78 bits per heavy atom. The molecule has 186 valence electrons. The van der Waals surface area contributed by atoms with E-state index in [-0.39, 0.29) is 18.9 Å². The molecule has 1 N–H and O–H groups in total. The van der Waals surface area contributed by atoms with Gasteiger partial charge in [0.2, 0.25) is 0 Å². The normalized spacial score (nSPS) is 10.9. The van der Waals surface area contributed by atoms with Crippen LogP contribution in [0.4, 0.5) is 8.78 Å².